The van der Waals surface area contributed by atoms with Crippen molar-refractivity contribution in [1.29, 1.82) is 0 Å². The summed E-state index contributed by atoms with van der Waals surface area (Å²) in [5.74, 6) is 0.413. The molecule has 0 saturated heterocycles. The molecule has 3 aromatic rings. The van der Waals surface area contributed by atoms with Gasteiger partial charge in [-0.25, -0.2) is 8.42 Å². The van der Waals surface area contributed by atoms with Gasteiger partial charge in [-0.1, -0.05) is 41.9 Å². The van der Waals surface area contributed by atoms with Crippen LogP contribution in [0.25, 0.3) is 0 Å². The first-order valence-corrected chi connectivity index (χ1v) is 9.27. The highest BCUT2D eigenvalue weighted by Gasteiger charge is 2.17. The van der Waals surface area contributed by atoms with Gasteiger partial charge < -0.3 is 4.74 Å². The fourth-order valence-electron chi connectivity index (χ4n) is 2.30. The SMILES string of the molecule is COc1ccc(S(=O)(=O)Nc2cnn(Cc3ccccc3)c2)cc1Cl. The molecule has 1 heterocycles. The first kappa shape index (κ1) is 17.3. The van der Waals surface area contributed by atoms with E-state index < -0.39 is 10.0 Å². The second kappa shape index (κ2) is 7.16. The quantitative estimate of drug-likeness (QED) is 0.714. The van der Waals surface area contributed by atoms with E-state index in [1.165, 1.54) is 31.5 Å². The van der Waals surface area contributed by atoms with Crippen LogP contribution in [-0.4, -0.2) is 25.3 Å². The van der Waals surface area contributed by atoms with Crippen molar-refractivity contribution in [2.24, 2.45) is 0 Å². The number of sulfonamides is 1. The summed E-state index contributed by atoms with van der Waals surface area (Å²) in [6.07, 6.45) is 3.10. The van der Waals surface area contributed by atoms with E-state index in [2.05, 4.69) is 9.82 Å². The van der Waals surface area contributed by atoms with Crippen molar-refractivity contribution >= 4 is 27.3 Å². The molecule has 0 spiro atoms. The predicted octanol–water partition coefficient (Wildman–Crippen LogP) is 3.39. The standard InChI is InChI=1S/C17H16ClN3O3S/c1-24-17-8-7-15(9-16(17)18)25(22,23)20-14-10-19-21(12-14)11-13-5-3-2-4-6-13/h2-10,12,20H,11H2,1H3. The van der Waals surface area contributed by atoms with Crippen LogP contribution in [0.2, 0.25) is 5.02 Å². The van der Waals surface area contributed by atoms with Gasteiger partial charge in [-0.3, -0.25) is 9.40 Å². The highest BCUT2D eigenvalue weighted by atomic mass is 35.5. The summed E-state index contributed by atoms with van der Waals surface area (Å²) >= 11 is 6.00. The molecule has 0 aliphatic rings. The molecule has 0 unspecified atom stereocenters. The van der Waals surface area contributed by atoms with E-state index in [1.54, 1.807) is 10.9 Å². The lowest BCUT2D eigenvalue weighted by molar-refractivity contribution is 0.414. The molecule has 0 fully saturated rings. The van der Waals surface area contributed by atoms with E-state index in [1.807, 2.05) is 30.3 Å². The summed E-state index contributed by atoms with van der Waals surface area (Å²) in [4.78, 5) is 0.0501. The third-order valence-corrected chi connectivity index (χ3v) is 5.18. The predicted molar refractivity (Wildman–Crippen MR) is 96.6 cm³/mol. The fourth-order valence-corrected chi connectivity index (χ4v) is 3.68. The van der Waals surface area contributed by atoms with E-state index >= 15 is 0 Å². The molecule has 8 heteroatoms. The number of anilines is 1. The van der Waals surface area contributed by atoms with Crippen molar-refractivity contribution in [3.63, 3.8) is 0 Å². The average molecular weight is 378 g/mol. The average Bonchev–Trinajstić information content (AvgIpc) is 3.02. The van der Waals surface area contributed by atoms with Gasteiger partial charge in [0.1, 0.15) is 5.75 Å². The van der Waals surface area contributed by atoms with Crippen LogP contribution < -0.4 is 9.46 Å². The molecule has 0 atom stereocenters. The van der Waals surface area contributed by atoms with Gasteiger partial charge in [-0.2, -0.15) is 5.10 Å². The van der Waals surface area contributed by atoms with Gasteiger partial charge in [0, 0.05) is 6.20 Å². The van der Waals surface area contributed by atoms with Crippen molar-refractivity contribution in [2.45, 2.75) is 11.4 Å². The molecule has 2 aromatic carbocycles. The Hall–Kier alpha value is -2.51. The smallest absolute Gasteiger partial charge is 0.262 e. The molecule has 0 amide bonds. The van der Waals surface area contributed by atoms with Gasteiger partial charge >= 0.3 is 0 Å². The van der Waals surface area contributed by atoms with Crippen LogP contribution in [0.1, 0.15) is 5.56 Å². The van der Waals surface area contributed by atoms with E-state index in [4.69, 9.17) is 16.3 Å². The fraction of sp³-hybridized carbons (Fsp3) is 0.118. The largest absolute Gasteiger partial charge is 0.495 e. The zero-order valence-corrected chi connectivity index (χ0v) is 15.0. The summed E-state index contributed by atoms with van der Waals surface area (Å²) in [6, 6.07) is 14.1. The van der Waals surface area contributed by atoms with Gasteiger partial charge in [0.25, 0.3) is 10.0 Å². The van der Waals surface area contributed by atoms with Crippen LogP contribution >= 0.6 is 11.6 Å². The van der Waals surface area contributed by atoms with Gasteiger partial charge in [0.2, 0.25) is 0 Å². The number of ether oxygens (including phenoxy) is 1. The van der Waals surface area contributed by atoms with Crippen molar-refractivity contribution in [2.75, 3.05) is 11.8 Å². The van der Waals surface area contributed by atoms with Crippen LogP contribution in [0.5, 0.6) is 5.75 Å². The molecule has 130 valence electrons. The lowest BCUT2D eigenvalue weighted by atomic mass is 10.2. The summed E-state index contributed by atoms with van der Waals surface area (Å²) in [7, 11) is -2.30. The minimum Gasteiger partial charge on any atom is -0.495 e. The molecule has 0 radical (unpaired) electrons. The first-order valence-electron chi connectivity index (χ1n) is 7.41. The number of nitrogens with zero attached hydrogens (tertiary/aromatic N) is 2. The monoisotopic (exact) mass is 377 g/mol. The Morgan fingerprint density at radius 2 is 1.96 bits per heavy atom. The van der Waals surface area contributed by atoms with Gasteiger partial charge in [-0.05, 0) is 23.8 Å². The topological polar surface area (TPSA) is 73.2 Å². The van der Waals surface area contributed by atoms with Crippen molar-refractivity contribution < 1.29 is 13.2 Å². The number of aromatic nitrogens is 2. The van der Waals surface area contributed by atoms with E-state index in [0.29, 0.717) is 18.0 Å². The zero-order chi connectivity index (χ0) is 17.9. The van der Waals surface area contributed by atoms with Crippen LogP contribution in [0.15, 0.2) is 65.8 Å². The normalized spacial score (nSPS) is 11.3. The number of methoxy groups -OCH3 is 1. The number of rotatable bonds is 6. The van der Waals surface area contributed by atoms with Crippen LogP contribution in [0, 0.1) is 0 Å². The summed E-state index contributed by atoms with van der Waals surface area (Å²) in [6.45, 7) is 0.553. The Labute approximate surface area is 151 Å². The molecule has 0 aliphatic heterocycles. The van der Waals surface area contributed by atoms with E-state index in [9.17, 15) is 8.42 Å². The highest BCUT2D eigenvalue weighted by molar-refractivity contribution is 7.92. The van der Waals surface area contributed by atoms with Crippen molar-refractivity contribution in [1.82, 2.24) is 9.78 Å². The lowest BCUT2D eigenvalue weighted by Crippen LogP contribution is -2.12. The molecule has 0 aliphatic carbocycles. The molecule has 1 aromatic heterocycles. The summed E-state index contributed by atoms with van der Waals surface area (Å²) in [5.41, 5.74) is 1.45. The third-order valence-electron chi connectivity index (χ3n) is 3.51. The Balaban J connectivity index is 1.76. The Morgan fingerprint density at radius 1 is 1.20 bits per heavy atom. The van der Waals surface area contributed by atoms with E-state index in [-0.39, 0.29) is 9.92 Å². The van der Waals surface area contributed by atoms with Crippen LogP contribution in [0.3, 0.4) is 0 Å². The highest BCUT2D eigenvalue weighted by Crippen LogP contribution is 2.27. The first-order chi connectivity index (χ1) is 12.0. The Morgan fingerprint density at radius 3 is 2.64 bits per heavy atom. The Kier molecular flexibility index (Phi) is 4.96. The molecule has 6 nitrogen and oxygen atoms in total. The summed E-state index contributed by atoms with van der Waals surface area (Å²) in [5, 5.41) is 4.40. The van der Waals surface area contributed by atoms with Crippen molar-refractivity contribution in [3.05, 3.63) is 71.5 Å². The van der Waals surface area contributed by atoms with Gasteiger partial charge in [-0.15, -0.1) is 0 Å². The summed E-state index contributed by atoms with van der Waals surface area (Å²) < 4.78 is 34.1. The molecular weight excluding hydrogens is 362 g/mol. The molecule has 0 saturated carbocycles. The Bertz CT molecular complexity index is 972. The number of hydrogen-bond donors (Lipinski definition) is 1. The number of nitrogens with one attached hydrogen (secondary N) is 1. The maximum absolute atomic E-state index is 12.5. The molecule has 1 N–H and O–H groups in total. The maximum Gasteiger partial charge on any atom is 0.262 e. The second-order valence-corrected chi connectivity index (χ2v) is 7.40. The van der Waals surface area contributed by atoms with Crippen molar-refractivity contribution in [3.8, 4) is 5.75 Å². The van der Waals surface area contributed by atoms with Crippen LogP contribution in [-0.2, 0) is 16.6 Å². The number of hydrogen-bond acceptors (Lipinski definition) is 4. The van der Waals surface area contributed by atoms with Crippen LogP contribution in [0.4, 0.5) is 5.69 Å². The second-order valence-electron chi connectivity index (χ2n) is 5.31. The zero-order valence-electron chi connectivity index (χ0n) is 13.4. The number of halogens is 1. The minimum atomic E-state index is -3.76. The third kappa shape index (κ3) is 4.12. The van der Waals surface area contributed by atoms with Gasteiger partial charge in [0.15, 0.2) is 0 Å². The number of benzene rings is 2. The van der Waals surface area contributed by atoms with Gasteiger partial charge in [0.05, 0.1) is 35.5 Å². The van der Waals surface area contributed by atoms with E-state index in [0.717, 1.165) is 5.56 Å². The minimum absolute atomic E-state index is 0.0501. The molecule has 0 bridgehead atoms. The molecule has 25 heavy (non-hydrogen) atoms. The lowest BCUT2D eigenvalue weighted by Gasteiger charge is -2.08. The maximum atomic E-state index is 12.5. The molecule has 3 rings (SSSR count). The molecular formula is C17H16ClN3O3S.